The van der Waals surface area contributed by atoms with Gasteiger partial charge in [-0.3, -0.25) is 9.89 Å². The van der Waals surface area contributed by atoms with Gasteiger partial charge in [0.25, 0.3) is 0 Å². The van der Waals surface area contributed by atoms with Gasteiger partial charge in [-0.25, -0.2) is 0 Å². The molecule has 1 saturated carbocycles. The highest BCUT2D eigenvalue weighted by molar-refractivity contribution is 5.77. The largest absolute Gasteiger partial charge is 0.469 e. The summed E-state index contributed by atoms with van der Waals surface area (Å²) in [6, 6.07) is 4.65. The van der Waals surface area contributed by atoms with E-state index in [1.807, 2.05) is 19.1 Å². The molecule has 2 aromatic heterocycles. The molecule has 5 heterocycles. The Morgan fingerprint density at radius 2 is 1.94 bits per heavy atom. The molecule has 0 spiro atoms. The second-order valence-electron chi connectivity index (χ2n) is 10.7. The van der Waals surface area contributed by atoms with Crippen LogP contribution in [-0.2, 0) is 9.53 Å². The van der Waals surface area contributed by atoms with E-state index in [1.165, 1.54) is 19.3 Å². The minimum Gasteiger partial charge on any atom is -0.469 e. The summed E-state index contributed by atoms with van der Waals surface area (Å²) in [6.45, 7) is 3.11. The Morgan fingerprint density at radius 1 is 1.17 bits per heavy atom. The lowest BCUT2D eigenvalue weighted by Gasteiger charge is -2.50. The number of amides is 1. The van der Waals surface area contributed by atoms with Crippen molar-refractivity contribution in [2.24, 2.45) is 5.92 Å². The molecule has 1 amide bonds. The molecule has 3 saturated heterocycles. The number of carbonyl (C=O) groups excluding carboxylic acids is 1. The van der Waals surface area contributed by atoms with Crippen molar-refractivity contribution in [1.29, 1.82) is 0 Å². The van der Waals surface area contributed by atoms with E-state index in [4.69, 9.17) is 19.4 Å². The molecule has 3 aliphatic heterocycles. The van der Waals surface area contributed by atoms with Crippen LogP contribution >= 0.6 is 0 Å². The fraction of sp³-hybridized carbons (Fsp3) is 0.680. The van der Waals surface area contributed by atoms with Crippen molar-refractivity contribution >= 4 is 23.5 Å². The third-order valence-electron chi connectivity index (χ3n) is 7.81. The minimum absolute atomic E-state index is 0.0172. The molecular weight excluding hydrogens is 446 g/mol. The molecule has 0 aromatic carbocycles. The quantitative estimate of drug-likeness (QED) is 0.592. The molecule has 2 N–H and O–H groups in total. The Bertz CT molecular complexity index is 1050. The van der Waals surface area contributed by atoms with Gasteiger partial charge in [0.1, 0.15) is 11.9 Å². The van der Waals surface area contributed by atoms with Crippen LogP contribution in [0.1, 0.15) is 57.1 Å². The molecule has 4 fully saturated rings. The van der Waals surface area contributed by atoms with Crippen LogP contribution < -0.4 is 15.0 Å². The lowest BCUT2D eigenvalue weighted by Crippen LogP contribution is -2.58. The van der Waals surface area contributed by atoms with Gasteiger partial charge in [-0.2, -0.15) is 15.1 Å². The zero-order valence-corrected chi connectivity index (χ0v) is 20.6. The first-order chi connectivity index (χ1) is 17.0. The number of aromatic amines is 1. The summed E-state index contributed by atoms with van der Waals surface area (Å²) in [6.07, 6.45) is 8.49. The first-order valence-electron chi connectivity index (χ1n) is 13.0. The fourth-order valence-corrected chi connectivity index (χ4v) is 5.67. The summed E-state index contributed by atoms with van der Waals surface area (Å²) in [5.41, 5.74) is 0.969. The van der Waals surface area contributed by atoms with Crippen LogP contribution in [0.5, 0.6) is 5.88 Å². The predicted octanol–water partition coefficient (Wildman–Crippen LogP) is 3.18. The number of nitrogens with zero attached hydrogens (tertiary/aromatic N) is 5. The SMILES string of the molecule is Cc1cc(Nc2cc(OC3COC3)nc(N(C)[C@@H]3C[C@H]4CCC[C@@H](C3)N4C(=O)CC3CC3)n2)n[nH]1. The average molecular weight is 482 g/mol. The highest BCUT2D eigenvalue weighted by atomic mass is 16.6. The van der Waals surface area contributed by atoms with Crippen molar-refractivity contribution in [2.75, 3.05) is 30.5 Å². The second kappa shape index (κ2) is 9.29. The van der Waals surface area contributed by atoms with Crippen LogP contribution in [0.15, 0.2) is 12.1 Å². The topological polar surface area (TPSA) is 108 Å². The van der Waals surface area contributed by atoms with Crippen molar-refractivity contribution < 1.29 is 14.3 Å². The summed E-state index contributed by atoms with van der Waals surface area (Å²) in [7, 11) is 2.07. The number of piperidine rings is 2. The number of anilines is 3. The molecule has 0 radical (unpaired) electrons. The van der Waals surface area contributed by atoms with Gasteiger partial charge in [-0.05, 0) is 57.8 Å². The van der Waals surface area contributed by atoms with Crippen LogP contribution in [0, 0.1) is 12.8 Å². The van der Waals surface area contributed by atoms with Gasteiger partial charge in [-0.15, -0.1) is 0 Å². The van der Waals surface area contributed by atoms with E-state index in [0.29, 0.717) is 60.6 Å². The fourth-order valence-electron chi connectivity index (χ4n) is 5.67. The molecule has 10 heteroatoms. The smallest absolute Gasteiger partial charge is 0.230 e. The second-order valence-corrected chi connectivity index (χ2v) is 10.7. The van der Waals surface area contributed by atoms with Crippen LogP contribution in [0.2, 0.25) is 0 Å². The molecule has 1 aliphatic carbocycles. The molecule has 4 aliphatic rings. The lowest BCUT2D eigenvalue weighted by molar-refractivity contribution is -0.141. The number of hydrogen-bond donors (Lipinski definition) is 2. The van der Waals surface area contributed by atoms with Gasteiger partial charge < -0.3 is 24.6 Å². The maximum atomic E-state index is 13.1. The van der Waals surface area contributed by atoms with E-state index in [1.54, 1.807) is 0 Å². The van der Waals surface area contributed by atoms with Crippen molar-refractivity contribution in [2.45, 2.75) is 82.5 Å². The number of nitrogens with one attached hydrogen (secondary N) is 2. The standard InChI is InChI=1S/C25H35N7O3/c1-15-8-22(30-29-15)26-21-12-23(35-20-13-34-14-20)28-25(27-21)31(2)19-10-17-4-3-5-18(11-19)32(17)24(33)9-16-6-7-16/h8,12,16-20H,3-7,9-11,13-14H2,1-2H3,(H2,26,27,28,29,30)/t17-,18+,19-. The maximum Gasteiger partial charge on any atom is 0.230 e. The highest BCUT2D eigenvalue weighted by Crippen LogP contribution is 2.40. The molecule has 0 unspecified atom stereocenters. The normalized spacial score (nSPS) is 26.2. The van der Waals surface area contributed by atoms with E-state index in [2.05, 4.69) is 32.4 Å². The first kappa shape index (κ1) is 22.6. The predicted molar refractivity (Wildman–Crippen MR) is 131 cm³/mol. The maximum absolute atomic E-state index is 13.1. The molecule has 188 valence electrons. The van der Waals surface area contributed by atoms with E-state index < -0.39 is 0 Å². The summed E-state index contributed by atoms with van der Waals surface area (Å²) in [5.74, 6) is 3.49. The molecule has 3 atom stereocenters. The van der Waals surface area contributed by atoms with Crippen LogP contribution in [0.3, 0.4) is 0 Å². The minimum atomic E-state index is 0.0172. The number of ether oxygens (including phenoxy) is 2. The Kier molecular flexibility index (Phi) is 5.99. The number of rotatable bonds is 8. The Hall–Kier alpha value is -2.88. The zero-order valence-electron chi connectivity index (χ0n) is 20.6. The van der Waals surface area contributed by atoms with Crippen molar-refractivity contribution in [3.8, 4) is 5.88 Å². The average Bonchev–Trinajstić information content (AvgIpc) is 3.53. The Labute approximate surface area is 205 Å². The highest BCUT2D eigenvalue weighted by Gasteiger charge is 2.43. The van der Waals surface area contributed by atoms with Crippen LogP contribution in [-0.4, -0.2) is 75.5 Å². The number of H-pyrrole nitrogens is 1. The van der Waals surface area contributed by atoms with Gasteiger partial charge in [0.15, 0.2) is 5.82 Å². The molecule has 10 nitrogen and oxygen atoms in total. The number of hydrogen-bond acceptors (Lipinski definition) is 8. The first-order valence-corrected chi connectivity index (χ1v) is 13.0. The van der Waals surface area contributed by atoms with Crippen LogP contribution in [0.4, 0.5) is 17.6 Å². The molecule has 2 aromatic rings. The zero-order chi connectivity index (χ0) is 23.9. The number of carbonyl (C=O) groups is 1. The van der Waals surface area contributed by atoms with Crippen molar-refractivity contribution in [3.63, 3.8) is 0 Å². The monoisotopic (exact) mass is 481 g/mol. The Balaban J connectivity index is 1.21. The molecule has 6 rings (SSSR count). The van der Waals surface area contributed by atoms with Gasteiger partial charge in [-0.1, -0.05) is 0 Å². The number of aromatic nitrogens is 4. The van der Waals surface area contributed by atoms with Crippen molar-refractivity contribution in [3.05, 3.63) is 17.8 Å². The molecular formula is C25H35N7O3. The third kappa shape index (κ3) is 4.94. The molecule has 35 heavy (non-hydrogen) atoms. The van der Waals surface area contributed by atoms with E-state index in [-0.39, 0.29) is 12.1 Å². The van der Waals surface area contributed by atoms with Gasteiger partial charge in [0.2, 0.25) is 17.7 Å². The van der Waals surface area contributed by atoms with E-state index in [9.17, 15) is 4.79 Å². The van der Waals surface area contributed by atoms with E-state index >= 15 is 0 Å². The summed E-state index contributed by atoms with van der Waals surface area (Å²) in [4.78, 5) is 27.1. The van der Waals surface area contributed by atoms with Crippen molar-refractivity contribution in [1.82, 2.24) is 25.1 Å². The summed E-state index contributed by atoms with van der Waals surface area (Å²) in [5, 5.41) is 10.5. The van der Waals surface area contributed by atoms with Gasteiger partial charge >= 0.3 is 0 Å². The van der Waals surface area contributed by atoms with Gasteiger partial charge in [0.05, 0.1) is 13.2 Å². The number of aryl methyl sites for hydroxylation is 1. The summed E-state index contributed by atoms with van der Waals surface area (Å²) < 4.78 is 11.3. The van der Waals surface area contributed by atoms with E-state index in [0.717, 1.165) is 37.8 Å². The van der Waals surface area contributed by atoms with Gasteiger partial charge in [0, 0.05) is 49.4 Å². The Morgan fingerprint density at radius 3 is 2.57 bits per heavy atom. The molecule has 2 bridgehead atoms. The van der Waals surface area contributed by atoms with Crippen LogP contribution in [0.25, 0.3) is 0 Å². The third-order valence-corrected chi connectivity index (χ3v) is 7.81. The number of fused-ring (bicyclic) bond motifs is 2. The summed E-state index contributed by atoms with van der Waals surface area (Å²) >= 11 is 0. The lowest BCUT2D eigenvalue weighted by atomic mass is 9.81.